The average Bonchev–Trinajstić information content (AvgIpc) is 3.77. The zero-order valence-corrected chi connectivity index (χ0v) is 27.5. The molecule has 0 bridgehead atoms. The SMILES string of the molecule is c1ccc(N(c2ccccc2)c2ccc3c(oc4ccc5oc6ccccc6c5c43)c2-c2ccc3c4ccccc4c4ccccc4c3c2)cc1. The Morgan fingerprint density at radius 1 is 0.333 bits per heavy atom. The molecule has 11 aromatic rings. The molecule has 3 nitrogen and oxygen atoms in total. The molecule has 0 saturated carbocycles. The molecule has 11 rings (SSSR count). The van der Waals surface area contributed by atoms with E-state index in [-0.39, 0.29) is 0 Å². The number of nitrogens with zero attached hydrogens (tertiary/aromatic N) is 1. The maximum atomic E-state index is 7.03. The van der Waals surface area contributed by atoms with E-state index in [1.54, 1.807) is 0 Å². The van der Waals surface area contributed by atoms with E-state index in [2.05, 4.69) is 163 Å². The Bertz CT molecular complexity index is 3060. The molecule has 2 heterocycles. The molecule has 0 radical (unpaired) electrons. The van der Waals surface area contributed by atoms with Gasteiger partial charge in [-0.1, -0.05) is 115 Å². The van der Waals surface area contributed by atoms with Crippen molar-refractivity contribution < 1.29 is 8.83 Å². The molecule has 0 N–H and O–H groups in total. The number of hydrogen-bond acceptors (Lipinski definition) is 3. The second-order valence-corrected chi connectivity index (χ2v) is 13.2. The first-order valence-corrected chi connectivity index (χ1v) is 17.4. The number of hydrogen-bond donors (Lipinski definition) is 0. The van der Waals surface area contributed by atoms with Gasteiger partial charge in [0.25, 0.3) is 0 Å². The Balaban J connectivity index is 1.30. The molecule has 51 heavy (non-hydrogen) atoms. The van der Waals surface area contributed by atoms with E-state index in [1.165, 1.54) is 32.3 Å². The van der Waals surface area contributed by atoms with Crippen LogP contribution in [0, 0.1) is 0 Å². The highest BCUT2D eigenvalue weighted by molar-refractivity contribution is 6.29. The second kappa shape index (κ2) is 10.8. The maximum absolute atomic E-state index is 7.03. The van der Waals surface area contributed by atoms with Crippen LogP contribution in [0.15, 0.2) is 185 Å². The third-order valence-electron chi connectivity index (χ3n) is 10.4. The molecule has 0 spiro atoms. The Kier molecular flexibility index (Phi) is 5.96. The quantitative estimate of drug-likeness (QED) is 0.177. The fraction of sp³-hybridized carbons (Fsp3) is 0. The highest BCUT2D eigenvalue weighted by atomic mass is 16.3. The zero-order chi connectivity index (χ0) is 33.5. The van der Waals surface area contributed by atoms with Crippen LogP contribution in [0.1, 0.15) is 0 Å². The summed E-state index contributed by atoms with van der Waals surface area (Å²) in [5.74, 6) is 0. The molecule has 238 valence electrons. The van der Waals surface area contributed by atoms with Crippen molar-refractivity contribution in [2.45, 2.75) is 0 Å². The molecule has 9 aromatic carbocycles. The minimum Gasteiger partial charge on any atom is -0.456 e. The summed E-state index contributed by atoms with van der Waals surface area (Å²) in [6.07, 6.45) is 0. The predicted octanol–water partition coefficient (Wildman–Crippen LogP) is 14.1. The first-order valence-electron chi connectivity index (χ1n) is 17.4. The molecule has 0 aliphatic rings. The van der Waals surface area contributed by atoms with Gasteiger partial charge in [-0.15, -0.1) is 0 Å². The van der Waals surface area contributed by atoms with Gasteiger partial charge in [0.15, 0.2) is 0 Å². The fourth-order valence-electron chi connectivity index (χ4n) is 8.24. The van der Waals surface area contributed by atoms with E-state index >= 15 is 0 Å². The van der Waals surface area contributed by atoms with Gasteiger partial charge >= 0.3 is 0 Å². The lowest BCUT2D eigenvalue weighted by molar-refractivity contribution is 0.663. The molecule has 0 atom stereocenters. The van der Waals surface area contributed by atoms with Gasteiger partial charge < -0.3 is 13.7 Å². The number of para-hydroxylation sites is 3. The van der Waals surface area contributed by atoms with Crippen LogP contribution in [0.3, 0.4) is 0 Å². The van der Waals surface area contributed by atoms with Gasteiger partial charge in [-0.05, 0) is 98.5 Å². The van der Waals surface area contributed by atoms with E-state index in [0.717, 1.165) is 72.1 Å². The molecule has 0 saturated heterocycles. The molecule has 0 amide bonds. The van der Waals surface area contributed by atoms with Crippen molar-refractivity contribution in [3.63, 3.8) is 0 Å². The van der Waals surface area contributed by atoms with Crippen molar-refractivity contribution in [2.24, 2.45) is 0 Å². The third-order valence-corrected chi connectivity index (χ3v) is 10.4. The minimum absolute atomic E-state index is 0.839. The number of benzene rings is 9. The summed E-state index contributed by atoms with van der Waals surface area (Å²) in [6.45, 7) is 0. The normalized spacial score (nSPS) is 11.9. The lowest BCUT2D eigenvalue weighted by atomic mass is 9.91. The van der Waals surface area contributed by atoms with Crippen LogP contribution in [0.2, 0.25) is 0 Å². The second-order valence-electron chi connectivity index (χ2n) is 13.2. The highest BCUT2D eigenvalue weighted by Gasteiger charge is 2.25. The number of furan rings is 2. The maximum Gasteiger partial charge on any atom is 0.145 e. The smallest absolute Gasteiger partial charge is 0.145 e. The molecule has 0 unspecified atom stereocenters. The predicted molar refractivity (Wildman–Crippen MR) is 214 cm³/mol. The van der Waals surface area contributed by atoms with Gasteiger partial charge in [0, 0.05) is 38.5 Å². The van der Waals surface area contributed by atoms with Gasteiger partial charge in [-0.25, -0.2) is 0 Å². The van der Waals surface area contributed by atoms with Crippen LogP contribution in [0.5, 0.6) is 0 Å². The Labute approximate surface area is 293 Å². The lowest BCUT2D eigenvalue weighted by Gasteiger charge is -2.28. The average molecular weight is 652 g/mol. The monoisotopic (exact) mass is 651 g/mol. The van der Waals surface area contributed by atoms with Crippen molar-refractivity contribution in [3.8, 4) is 11.1 Å². The van der Waals surface area contributed by atoms with E-state index in [0.29, 0.717) is 0 Å². The third kappa shape index (κ3) is 4.12. The first-order chi connectivity index (χ1) is 25.3. The van der Waals surface area contributed by atoms with Gasteiger partial charge in [-0.3, -0.25) is 0 Å². The summed E-state index contributed by atoms with van der Waals surface area (Å²) in [5, 5.41) is 11.8. The van der Waals surface area contributed by atoms with Crippen molar-refractivity contribution in [1.82, 2.24) is 0 Å². The van der Waals surface area contributed by atoms with Crippen LogP contribution in [-0.4, -0.2) is 0 Å². The Morgan fingerprint density at radius 2 is 0.824 bits per heavy atom. The van der Waals surface area contributed by atoms with Crippen molar-refractivity contribution in [1.29, 1.82) is 0 Å². The van der Waals surface area contributed by atoms with Crippen LogP contribution >= 0.6 is 0 Å². The van der Waals surface area contributed by atoms with Gasteiger partial charge in [-0.2, -0.15) is 0 Å². The van der Waals surface area contributed by atoms with Crippen molar-refractivity contribution in [2.75, 3.05) is 4.90 Å². The van der Waals surface area contributed by atoms with E-state index in [1.807, 2.05) is 18.2 Å². The fourth-order valence-corrected chi connectivity index (χ4v) is 8.24. The standard InChI is InChI=1S/C48H29NO2/c1-3-13-31(14-4-1)49(32-15-5-2-6-16-32)41-26-25-39-47-44(28-27-43-46(47)38-21-11-12-22-42(38)50-43)51-48(39)45(41)30-23-24-37-35-19-8-7-17-33(35)34-18-9-10-20-36(34)40(37)29-30/h1-29H. The summed E-state index contributed by atoms with van der Waals surface area (Å²) >= 11 is 0. The summed E-state index contributed by atoms with van der Waals surface area (Å²) in [6, 6.07) is 62.5. The largest absolute Gasteiger partial charge is 0.456 e. The molecular weight excluding hydrogens is 623 g/mol. The zero-order valence-electron chi connectivity index (χ0n) is 27.5. The van der Waals surface area contributed by atoms with E-state index in [4.69, 9.17) is 8.83 Å². The van der Waals surface area contributed by atoms with Crippen molar-refractivity contribution in [3.05, 3.63) is 176 Å². The molecule has 3 heteroatoms. The molecule has 0 aliphatic carbocycles. The molecule has 2 aromatic heterocycles. The van der Waals surface area contributed by atoms with Crippen molar-refractivity contribution >= 4 is 93.3 Å². The summed E-state index contributed by atoms with van der Waals surface area (Å²) in [7, 11) is 0. The number of rotatable bonds is 4. The molecule has 0 aliphatic heterocycles. The van der Waals surface area contributed by atoms with Crippen LogP contribution in [0.25, 0.3) is 87.3 Å². The summed E-state index contributed by atoms with van der Waals surface area (Å²) in [5.41, 5.74) is 8.73. The van der Waals surface area contributed by atoms with Gasteiger partial charge in [0.05, 0.1) is 5.69 Å². The van der Waals surface area contributed by atoms with Gasteiger partial charge in [0.2, 0.25) is 0 Å². The van der Waals surface area contributed by atoms with Crippen LogP contribution in [-0.2, 0) is 0 Å². The van der Waals surface area contributed by atoms with E-state index < -0.39 is 0 Å². The summed E-state index contributed by atoms with van der Waals surface area (Å²) in [4.78, 5) is 2.34. The topological polar surface area (TPSA) is 29.5 Å². The lowest BCUT2D eigenvalue weighted by Crippen LogP contribution is -2.11. The number of anilines is 3. The Hall–Kier alpha value is -6.84. The first kappa shape index (κ1) is 28.0. The van der Waals surface area contributed by atoms with Crippen LogP contribution < -0.4 is 4.90 Å². The summed E-state index contributed by atoms with van der Waals surface area (Å²) < 4.78 is 13.4. The van der Waals surface area contributed by atoms with Gasteiger partial charge in [0.1, 0.15) is 22.3 Å². The Morgan fingerprint density at radius 3 is 1.47 bits per heavy atom. The van der Waals surface area contributed by atoms with Crippen LogP contribution in [0.4, 0.5) is 17.1 Å². The number of fused-ring (bicyclic) bond motifs is 13. The van der Waals surface area contributed by atoms with E-state index in [9.17, 15) is 0 Å². The minimum atomic E-state index is 0.839. The highest BCUT2D eigenvalue weighted by Crippen LogP contribution is 2.49. The molecular formula is C48H29NO2. The molecule has 0 fully saturated rings.